The minimum absolute atomic E-state index is 1.21. The summed E-state index contributed by atoms with van der Waals surface area (Å²) in [5, 5.41) is 0. The van der Waals surface area contributed by atoms with Gasteiger partial charge in [-0.25, -0.2) is 0 Å². The molecule has 0 radical (unpaired) electrons. The topological polar surface area (TPSA) is 0 Å². The fraction of sp³-hybridized carbons (Fsp3) is 0.455. The Hall–Kier alpha value is -0.960. The first-order valence-corrected chi connectivity index (χ1v) is 4.37. The SMILES string of the molecule is CC.c1ccc2c(c#1)CCC2. The maximum absolute atomic E-state index is 3.12. The first-order valence-electron chi connectivity index (χ1n) is 4.37. The molecule has 0 atom stereocenters. The molecule has 0 spiro atoms. The summed E-state index contributed by atoms with van der Waals surface area (Å²) in [4.78, 5) is 0. The van der Waals surface area contributed by atoms with Crippen LogP contribution in [0.15, 0.2) is 12.1 Å². The fourth-order valence-corrected chi connectivity index (χ4v) is 1.36. The molecule has 0 N–H and O–H groups in total. The molecule has 2 rings (SSSR count). The van der Waals surface area contributed by atoms with Crippen molar-refractivity contribution in [1.29, 1.82) is 0 Å². The molecule has 1 aromatic rings. The van der Waals surface area contributed by atoms with Gasteiger partial charge in [-0.3, -0.25) is 0 Å². The Labute approximate surface area is 69.3 Å². The van der Waals surface area contributed by atoms with Crippen LogP contribution in [0.4, 0.5) is 0 Å². The van der Waals surface area contributed by atoms with Gasteiger partial charge < -0.3 is 0 Å². The Morgan fingerprint density at radius 2 is 2.09 bits per heavy atom. The number of fused-ring (bicyclic) bond motifs is 1. The molecular weight excluding hydrogens is 132 g/mol. The minimum Gasteiger partial charge on any atom is -0.0699 e. The second-order valence-electron chi connectivity index (χ2n) is 2.46. The first-order chi connectivity index (χ1) is 5.47. The second kappa shape index (κ2) is 4.03. The summed E-state index contributed by atoms with van der Waals surface area (Å²) in [6.45, 7) is 4.00. The van der Waals surface area contributed by atoms with E-state index in [0.717, 1.165) is 0 Å². The summed E-state index contributed by atoms with van der Waals surface area (Å²) >= 11 is 0. The Balaban J connectivity index is 0.000000281. The summed E-state index contributed by atoms with van der Waals surface area (Å²) in [5.74, 6) is 0. The fourth-order valence-electron chi connectivity index (χ4n) is 1.36. The van der Waals surface area contributed by atoms with Gasteiger partial charge in [0.1, 0.15) is 0 Å². The maximum atomic E-state index is 3.12. The molecule has 1 aliphatic carbocycles. The zero-order valence-electron chi connectivity index (χ0n) is 7.28. The van der Waals surface area contributed by atoms with Crippen LogP contribution in [0.2, 0.25) is 0 Å². The highest BCUT2D eigenvalue weighted by Gasteiger charge is 2.07. The molecule has 0 fully saturated rings. The van der Waals surface area contributed by atoms with Crippen LogP contribution in [0.5, 0.6) is 0 Å². The van der Waals surface area contributed by atoms with Crippen LogP contribution in [-0.2, 0) is 12.8 Å². The van der Waals surface area contributed by atoms with Crippen molar-refractivity contribution in [2.24, 2.45) is 0 Å². The Morgan fingerprint density at radius 1 is 1.27 bits per heavy atom. The molecule has 0 nitrogen and oxygen atoms in total. The summed E-state index contributed by atoms with van der Waals surface area (Å²) in [5.41, 5.74) is 2.87. The van der Waals surface area contributed by atoms with E-state index in [0.29, 0.717) is 0 Å². The van der Waals surface area contributed by atoms with Gasteiger partial charge in [-0.2, -0.15) is 0 Å². The van der Waals surface area contributed by atoms with Crippen LogP contribution < -0.4 is 0 Å². The van der Waals surface area contributed by atoms with Crippen LogP contribution in [0.25, 0.3) is 0 Å². The van der Waals surface area contributed by atoms with Gasteiger partial charge in [0.05, 0.1) is 0 Å². The van der Waals surface area contributed by atoms with Crippen LogP contribution in [0.1, 0.15) is 31.4 Å². The quantitative estimate of drug-likeness (QED) is 0.528. The van der Waals surface area contributed by atoms with E-state index in [1.807, 2.05) is 19.9 Å². The highest BCUT2D eigenvalue weighted by molar-refractivity contribution is 5.26. The van der Waals surface area contributed by atoms with Gasteiger partial charge in [-0.1, -0.05) is 26.0 Å². The molecule has 0 amide bonds. The average Bonchev–Trinajstić information content (AvgIpc) is 2.55. The van der Waals surface area contributed by atoms with Gasteiger partial charge in [-0.15, -0.1) is 0 Å². The molecule has 11 heavy (non-hydrogen) atoms. The summed E-state index contributed by atoms with van der Waals surface area (Å²) < 4.78 is 0. The van der Waals surface area contributed by atoms with Gasteiger partial charge in [0.2, 0.25) is 0 Å². The Morgan fingerprint density at radius 3 is 2.82 bits per heavy atom. The number of hydrogen-bond donors (Lipinski definition) is 0. The molecule has 0 saturated carbocycles. The molecule has 1 aliphatic rings. The van der Waals surface area contributed by atoms with Gasteiger partial charge in [0, 0.05) is 5.56 Å². The predicted molar refractivity (Wildman–Crippen MR) is 47.5 cm³/mol. The molecular formula is C11H14. The molecule has 0 bridgehead atoms. The zero-order chi connectivity index (χ0) is 8.10. The Bertz CT molecular complexity index is 190. The highest BCUT2D eigenvalue weighted by Crippen LogP contribution is 2.17. The third-order valence-electron chi connectivity index (χ3n) is 1.85. The lowest BCUT2D eigenvalue weighted by Gasteiger charge is -1.87. The van der Waals surface area contributed by atoms with Crippen LogP contribution >= 0.6 is 0 Å². The lowest BCUT2D eigenvalue weighted by atomic mass is 10.2. The molecule has 1 aromatic carbocycles. The van der Waals surface area contributed by atoms with Crippen molar-refractivity contribution in [3.05, 3.63) is 35.4 Å². The normalized spacial score (nSPS) is 12.5. The van der Waals surface area contributed by atoms with Gasteiger partial charge in [-0.05, 0) is 37.0 Å². The van der Waals surface area contributed by atoms with Crippen LogP contribution in [0, 0.1) is 12.1 Å². The van der Waals surface area contributed by atoms with E-state index < -0.39 is 0 Å². The molecule has 0 aliphatic heterocycles. The zero-order valence-corrected chi connectivity index (χ0v) is 7.28. The average molecular weight is 146 g/mol. The van der Waals surface area contributed by atoms with E-state index in [2.05, 4.69) is 18.2 Å². The largest absolute Gasteiger partial charge is 0.0699 e. The summed E-state index contributed by atoms with van der Waals surface area (Å²) in [6, 6.07) is 10.2. The smallest absolute Gasteiger partial charge is 0.00561 e. The lowest BCUT2D eigenvalue weighted by molar-refractivity contribution is 0.912. The van der Waals surface area contributed by atoms with Crippen molar-refractivity contribution in [3.63, 3.8) is 0 Å². The molecule has 0 unspecified atom stereocenters. The number of rotatable bonds is 0. The Kier molecular flexibility index (Phi) is 2.98. The van der Waals surface area contributed by atoms with Crippen molar-refractivity contribution in [2.75, 3.05) is 0 Å². The monoisotopic (exact) mass is 146 g/mol. The van der Waals surface area contributed by atoms with Gasteiger partial charge in [0.25, 0.3) is 0 Å². The van der Waals surface area contributed by atoms with E-state index in [9.17, 15) is 0 Å². The van der Waals surface area contributed by atoms with Crippen molar-refractivity contribution in [2.45, 2.75) is 33.1 Å². The summed E-state index contributed by atoms with van der Waals surface area (Å²) in [6.07, 6.45) is 3.77. The predicted octanol–water partition coefficient (Wildman–Crippen LogP) is 2.80. The standard InChI is InChI=1S/C9H8.C2H6/c1-2-5-9-7-3-6-8(9)4-1;1-2/h1,4H,3,6-7H2;1-2H3. The van der Waals surface area contributed by atoms with E-state index in [4.69, 9.17) is 0 Å². The summed E-state index contributed by atoms with van der Waals surface area (Å²) in [7, 11) is 0. The third-order valence-corrected chi connectivity index (χ3v) is 1.85. The molecule has 0 saturated heterocycles. The van der Waals surface area contributed by atoms with Gasteiger partial charge in [0.15, 0.2) is 0 Å². The molecule has 0 heteroatoms. The number of hydrogen-bond acceptors (Lipinski definition) is 0. The van der Waals surface area contributed by atoms with E-state index in [1.165, 1.54) is 30.4 Å². The van der Waals surface area contributed by atoms with Crippen LogP contribution in [0.3, 0.4) is 0 Å². The number of aryl methyl sites for hydroxylation is 1. The van der Waals surface area contributed by atoms with E-state index in [1.54, 1.807) is 0 Å². The van der Waals surface area contributed by atoms with Crippen molar-refractivity contribution < 1.29 is 0 Å². The highest BCUT2D eigenvalue weighted by atomic mass is 14.1. The van der Waals surface area contributed by atoms with Gasteiger partial charge >= 0.3 is 0 Å². The molecule has 0 heterocycles. The molecule has 58 valence electrons. The lowest BCUT2D eigenvalue weighted by Crippen LogP contribution is -1.75. The van der Waals surface area contributed by atoms with Crippen molar-refractivity contribution >= 4 is 0 Å². The second-order valence-corrected chi connectivity index (χ2v) is 2.46. The van der Waals surface area contributed by atoms with Crippen molar-refractivity contribution in [1.82, 2.24) is 0 Å². The minimum atomic E-state index is 1.21. The van der Waals surface area contributed by atoms with Crippen LogP contribution in [-0.4, -0.2) is 0 Å². The first kappa shape index (κ1) is 8.14. The van der Waals surface area contributed by atoms with E-state index in [-0.39, 0.29) is 0 Å². The van der Waals surface area contributed by atoms with Crippen molar-refractivity contribution in [3.8, 4) is 0 Å². The maximum Gasteiger partial charge on any atom is 0.00561 e. The third kappa shape index (κ3) is 1.74. The van der Waals surface area contributed by atoms with E-state index >= 15 is 0 Å². The molecule has 0 aromatic heterocycles.